The van der Waals surface area contributed by atoms with Crippen LogP contribution in [0.3, 0.4) is 0 Å². The number of hydrogen-bond acceptors (Lipinski definition) is 5. The van der Waals surface area contributed by atoms with Crippen molar-refractivity contribution in [2.75, 3.05) is 11.9 Å². The summed E-state index contributed by atoms with van der Waals surface area (Å²) in [7, 11) is 0. The number of hydrogen-bond donors (Lipinski definition) is 1. The van der Waals surface area contributed by atoms with Gasteiger partial charge in [0.1, 0.15) is 17.0 Å². The molecule has 1 aromatic heterocycles. The maximum absolute atomic E-state index is 12.4. The van der Waals surface area contributed by atoms with Crippen LogP contribution in [0.1, 0.15) is 18.1 Å². The SMILES string of the molecule is CCOc1ccc(NC(=O)Cc2coc3ccc(C)cc23)c([N+](=O)[O-])c1. The fourth-order valence-electron chi connectivity index (χ4n) is 2.72. The van der Waals surface area contributed by atoms with Crippen molar-refractivity contribution in [1.82, 2.24) is 0 Å². The third-order valence-electron chi connectivity index (χ3n) is 3.91. The second-order valence-corrected chi connectivity index (χ2v) is 5.85. The van der Waals surface area contributed by atoms with Gasteiger partial charge in [0.05, 0.1) is 30.3 Å². The number of carbonyl (C=O) groups excluding carboxylic acids is 1. The summed E-state index contributed by atoms with van der Waals surface area (Å²) in [5, 5.41) is 14.7. The Morgan fingerprint density at radius 2 is 2.08 bits per heavy atom. The summed E-state index contributed by atoms with van der Waals surface area (Å²) in [6.45, 7) is 4.15. The molecular formula is C19H18N2O5. The molecule has 2 aromatic carbocycles. The van der Waals surface area contributed by atoms with E-state index >= 15 is 0 Å². The van der Waals surface area contributed by atoms with E-state index in [0.717, 1.165) is 16.5 Å². The number of ether oxygens (including phenoxy) is 1. The number of aryl methyl sites for hydroxylation is 1. The molecule has 0 saturated heterocycles. The average molecular weight is 354 g/mol. The molecule has 0 saturated carbocycles. The molecule has 3 rings (SSSR count). The van der Waals surface area contributed by atoms with Gasteiger partial charge in [0, 0.05) is 10.9 Å². The number of nitrogens with one attached hydrogen (secondary N) is 1. The number of furan rings is 1. The van der Waals surface area contributed by atoms with Crippen molar-refractivity contribution in [3.63, 3.8) is 0 Å². The van der Waals surface area contributed by atoms with Crippen LogP contribution in [-0.4, -0.2) is 17.4 Å². The van der Waals surface area contributed by atoms with Crippen molar-refractivity contribution in [2.24, 2.45) is 0 Å². The minimum atomic E-state index is -0.547. The van der Waals surface area contributed by atoms with Crippen molar-refractivity contribution >= 4 is 28.3 Å². The Hall–Kier alpha value is -3.35. The number of benzene rings is 2. The van der Waals surface area contributed by atoms with Gasteiger partial charge >= 0.3 is 0 Å². The molecule has 0 aliphatic rings. The quantitative estimate of drug-likeness (QED) is 0.528. The van der Waals surface area contributed by atoms with Crippen LogP contribution in [0.25, 0.3) is 11.0 Å². The predicted octanol–water partition coefficient (Wildman–Crippen LogP) is 4.23. The van der Waals surface area contributed by atoms with Crippen LogP contribution in [-0.2, 0) is 11.2 Å². The van der Waals surface area contributed by atoms with Gasteiger partial charge in [0.2, 0.25) is 5.91 Å². The van der Waals surface area contributed by atoms with E-state index in [1.54, 1.807) is 13.0 Å². The lowest BCUT2D eigenvalue weighted by molar-refractivity contribution is -0.384. The van der Waals surface area contributed by atoms with Gasteiger partial charge in [0.15, 0.2) is 0 Å². The maximum Gasteiger partial charge on any atom is 0.296 e. The highest BCUT2D eigenvalue weighted by atomic mass is 16.6. The van der Waals surface area contributed by atoms with Crippen molar-refractivity contribution in [1.29, 1.82) is 0 Å². The predicted molar refractivity (Wildman–Crippen MR) is 97.6 cm³/mol. The smallest absolute Gasteiger partial charge is 0.296 e. The molecule has 0 atom stereocenters. The third kappa shape index (κ3) is 3.66. The Balaban J connectivity index is 1.81. The zero-order valence-electron chi connectivity index (χ0n) is 14.4. The van der Waals surface area contributed by atoms with Gasteiger partial charge in [-0.1, -0.05) is 11.6 Å². The normalized spacial score (nSPS) is 10.7. The summed E-state index contributed by atoms with van der Waals surface area (Å²) in [6.07, 6.45) is 1.59. The van der Waals surface area contributed by atoms with E-state index in [1.165, 1.54) is 18.4 Å². The molecule has 0 bridgehead atoms. The number of nitrogens with zero attached hydrogens (tertiary/aromatic N) is 1. The molecule has 7 heteroatoms. The Morgan fingerprint density at radius 1 is 1.27 bits per heavy atom. The lowest BCUT2D eigenvalue weighted by atomic mass is 10.1. The van der Waals surface area contributed by atoms with E-state index in [-0.39, 0.29) is 23.7 Å². The highest BCUT2D eigenvalue weighted by molar-refractivity contribution is 5.97. The molecule has 0 unspecified atom stereocenters. The first kappa shape index (κ1) is 17.5. The van der Waals surface area contributed by atoms with E-state index < -0.39 is 4.92 Å². The number of amides is 1. The fourth-order valence-corrected chi connectivity index (χ4v) is 2.72. The van der Waals surface area contributed by atoms with Crippen molar-refractivity contribution in [3.05, 3.63) is 63.9 Å². The van der Waals surface area contributed by atoms with Gasteiger partial charge in [-0.05, 0) is 38.1 Å². The van der Waals surface area contributed by atoms with Gasteiger partial charge in [0.25, 0.3) is 5.69 Å². The lowest BCUT2D eigenvalue weighted by Crippen LogP contribution is -2.15. The molecule has 1 amide bonds. The zero-order chi connectivity index (χ0) is 18.7. The maximum atomic E-state index is 12.4. The van der Waals surface area contributed by atoms with Crippen LogP contribution in [0.5, 0.6) is 5.75 Å². The van der Waals surface area contributed by atoms with Crippen LogP contribution >= 0.6 is 0 Å². The number of fused-ring (bicyclic) bond motifs is 1. The van der Waals surface area contributed by atoms with Crippen LogP contribution in [0.15, 0.2) is 47.1 Å². The highest BCUT2D eigenvalue weighted by Crippen LogP contribution is 2.30. The standard InChI is InChI=1S/C19H18N2O5/c1-3-25-14-5-6-16(17(10-14)21(23)24)20-19(22)9-13-11-26-18-7-4-12(2)8-15(13)18/h4-8,10-11H,3,9H2,1-2H3,(H,20,22). The Morgan fingerprint density at radius 3 is 2.81 bits per heavy atom. The molecule has 0 spiro atoms. The summed E-state index contributed by atoms with van der Waals surface area (Å²) < 4.78 is 10.7. The van der Waals surface area contributed by atoms with E-state index in [0.29, 0.717) is 17.9 Å². The van der Waals surface area contributed by atoms with Crippen LogP contribution in [0, 0.1) is 17.0 Å². The van der Waals surface area contributed by atoms with E-state index in [9.17, 15) is 14.9 Å². The minimum absolute atomic E-state index is 0.0564. The molecule has 0 fully saturated rings. The lowest BCUT2D eigenvalue weighted by Gasteiger charge is -2.08. The third-order valence-corrected chi connectivity index (χ3v) is 3.91. The number of carbonyl (C=O) groups is 1. The Labute approximate surface area is 149 Å². The van der Waals surface area contributed by atoms with Gasteiger partial charge in [-0.2, -0.15) is 0 Å². The molecular weight excluding hydrogens is 336 g/mol. The van der Waals surface area contributed by atoms with Crippen molar-refractivity contribution < 1.29 is 18.9 Å². The first-order chi connectivity index (χ1) is 12.5. The summed E-state index contributed by atoms with van der Waals surface area (Å²) in [5.74, 6) is 0.0231. The summed E-state index contributed by atoms with van der Waals surface area (Å²) in [5.41, 5.74) is 2.41. The second kappa shape index (κ2) is 7.26. The van der Waals surface area contributed by atoms with Gasteiger partial charge in [-0.15, -0.1) is 0 Å². The monoisotopic (exact) mass is 354 g/mol. The van der Waals surface area contributed by atoms with Crippen molar-refractivity contribution in [2.45, 2.75) is 20.3 Å². The zero-order valence-corrected chi connectivity index (χ0v) is 14.4. The largest absolute Gasteiger partial charge is 0.494 e. The number of nitro benzene ring substituents is 1. The average Bonchev–Trinajstić information content (AvgIpc) is 2.98. The Bertz CT molecular complexity index is 977. The van der Waals surface area contributed by atoms with Gasteiger partial charge in [-0.25, -0.2) is 0 Å². The van der Waals surface area contributed by atoms with E-state index in [2.05, 4.69) is 5.32 Å². The molecule has 134 valence electrons. The molecule has 0 aliphatic heterocycles. The molecule has 1 N–H and O–H groups in total. The molecule has 7 nitrogen and oxygen atoms in total. The number of anilines is 1. The second-order valence-electron chi connectivity index (χ2n) is 5.85. The van der Waals surface area contributed by atoms with Crippen molar-refractivity contribution in [3.8, 4) is 5.75 Å². The minimum Gasteiger partial charge on any atom is -0.494 e. The first-order valence-electron chi connectivity index (χ1n) is 8.15. The van der Waals surface area contributed by atoms with E-state index in [4.69, 9.17) is 9.15 Å². The molecule has 1 heterocycles. The summed E-state index contributed by atoms with van der Waals surface area (Å²) in [4.78, 5) is 23.1. The van der Waals surface area contributed by atoms with Crippen LogP contribution in [0.4, 0.5) is 11.4 Å². The highest BCUT2D eigenvalue weighted by Gasteiger charge is 2.18. The van der Waals surface area contributed by atoms with Gasteiger partial charge < -0.3 is 14.5 Å². The fraction of sp³-hybridized carbons (Fsp3) is 0.211. The Kier molecular flexibility index (Phi) is 4.88. The summed E-state index contributed by atoms with van der Waals surface area (Å²) in [6, 6.07) is 10.1. The van der Waals surface area contributed by atoms with Crippen LogP contribution < -0.4 is 10.1 Å². The summed E-state index contributed by atoms with van der Waals surface area (Å²) >= 11 is 0. The van der Waals surface area contributed by atoms with Crippen LogP contribution in [0.2, 0.25) is 0 Å². The molecule has 0 radical (unpaired) electrons. The topological polar surface area (TPSA) is 94.6 Å². The number of nitro groups is 1. The molecule has 3 aromatic rings. The molecule has 26 heavy (non-hydrogen) atoms. The van der Waals surface area contributed by atoms with Gasteiger partial charge in [-0.3, -0.25) is 14.9 Å². The first-order valence-corrected chi connectivity index (χ1v) is 8.15. The molecule has 0 aliphatic carbocycles. The number of rotatable bonds is 6. The van der Waals surface area contributed by atoms with E-state index in [1.807, 2.05) is 25.1 Å².